The highest BCUT2D eigenvalue weighted by Crippen LogP contribution is 2.04. The van der Waals surface area contributed by atoms with Crippen LogP contribution in [0.25, 0.3) is 0 Å². The minimum atomic E-state index is -3.49. The van der Waals surface area contributed by atoms with E-state index in [9.17, 15) is 8.42 Å². The maximum Gasteiger partial charge on any atom is 0.279 e. The van der Waals surface area contributed by atoms with Gasteiger partial charge in [-0.3, -0.25) is 0 Å². The molecule has 0 aliphatic heterocycles. The Labute approximate surface area is 109 Å². The molecule has 1 atom stereocenters. The number of nitrogens with one attached hydrogen (secondary N) is 1. The number of hydrogen-bond donors (Lipinski definition) is 2. The molecule has 102 valence electrons. The fourth-order valence-corrected chi connectivity index (χ4v) is 2.51. The number of nitrogens with two attached hydrogens (primary N) is 1. The Balaban J connectivity index is 4.47. The van der Waals surface area contributed by atoms with Gasteiger partial charge in [0.1, 0.15) is 0 Å². The van der Waals surface area contributed by atoms with E-state index >= 15 is 0 Å². The Morgan fingerprint density at radius 1 is 1.59 bits per heavy atom. The maximum atomic E-state index is 11.9. The van der Waals surface area contributed by atoms with Crippen LogP contribution in [0.1, 0.15) is 13.8 Å². The summed E-state index contributed by atoms with van der Waals surface area (Å²) in [5.41, 5.74) is 5.47. The average Bonchev–Trinajstić information content (AvgIpc) is 2.25. The van der Waals surface area contributed by atoms with E-state index in [4.69, 9.17) is 22.7 Å². The van der Waals surface area contributed by atoms with Crippen molar-refractivity contribution in [1.29, 1.82) is 0 Å². The number of thiocarbonyl (C=S) groups is 1. The summed E-state index contributed by atoms with van der Waals surface area (Å²) >= 11 is 4.83. The molecule has 0 radical (unpaired) electrons. The molecule has 1 unspecified atom stereocenters. The summed E-state index contributed by atoms with van der Waals surface area (Å²) in [6, 6.07) is 0. The first-order valence-electron chi connectivity index (χ1n) is 5.38. The second-order valence-electron chi connectivity index (χ2n) is 3.65. The first kappa shape index (κ1) is 16.7. The second-order valence-corrected chi connectivity index (χ2v) is 5.87. The summed E-state index contributed by atoms with van der Waals surface area (Å²) in [6.07, 6.45) is 0. The van der Waals surface area contributed by atoms with Gasteiger partial charge in [0.2, 0.25) is 0 Å². The highest BCUT2D eigenvalue weighted by Gasteiger charge is 2.22. The minimum absolute atomic E-state index is 0.149. The largest absolute Gasteiger partial charge is 0.393 e. The van der Waals surface area contributed by atoms with Gasteiger partial charge in [-0.05, 0) is 0 Å². The maximum absolute atomic E-state index is 11.9. The third-order valence-corrected chi connectivity index (χ3v) is 4.30. The average molecular weight is 283 g/mol. The van der Waals surface area contributed by atoms with Gasteiger partial charge < -0.3 is 10.5 Å². The highest BCUT2D eigenvalue weighted by molar-refractivity contribution is 7.87. The normalized spacial score (nSPS) is 13.9. The number of hydrogen-bond acceptors (Lipinski definition) is 4. The second kappa shape index (κ2) is 7.93. The van der Waals surface area contributed by atoms with Crippen molar-refractivity contribution < 1.29 is 13.2 Å². The smallest absolute Gasteiger partial charge is 0.279 e. The lowest BCUT2D eigenvalue weighted by atomic mass is 10.2. The molecule has 0 bridgehead atoms. The fourth-order valence-electron chi connectivity index (χ4n) is 1.16. The topological polar surface area (TPSA) is 84.7 Å². The molecule has 8 heteroatoms. The molecule has 0 rings (SSSR count). The van der Waals surface area contributed by atoms with E-state index in [1.807, 2.05) is 0 Å². The molecule has 0 aromatic carbocycles. The van der Waals surface area contributed by atoms with Gasteiger partial charge in [-0.2, -0.15) is 17.4 Å². The van der Waals surface area contributed by atoms with Gasteiger partial charge in [0.05, 0.1) is 11.6 Å². The molecule has 3 N–H and O–H groups in total. The SMILES string of the molecule is CCN(CC(C)C(N)=S)S(=O)(=O)NCCOC. The lowest BCUT2D eigenvalue weighted by Gasteiger charge is -2.23. The van der Waals surface area contributed by atoms with Crippen molar-refractivity contribution in [2.24, 2.45) is 11.7 Å². The minimum Gasteiger partial charge on any atom is -0.393 e. The van der Waals surface area contributed by atoms with Crippen LogP contribution in [0.3, 0.4) is 0 Å². The number of methoxy groups -OCH3 is 1. The number of rotatable bonds is 9. The zero-order chi connectivity index (χ0) is 13.5. The number of ether oxygens (including phenoxy) is 1. The molecule has 0 aromatic rings. The molecule has 0 spiro atoms. The standard InChI is InChI=1S/C9H21N3O3S2/c1-4-12(7-8(2)9(10)16)17(13,14)11-5-6-15-3/h8,11H,4-7H2,1-3H3,(H2,10,16). The van der Waals surface area contributed by atoms with E-state index in [-0.39, 0.29) is 19.0 Å². The molecule has 6 nitrogen and oxygen atoms in total. The van der Waals surface area contributed by atoms with E-state index in [0.717, 1.165) is 0 Å². The lowest BCUT2D eigenvalue weighted by molar-refractivity contribution is 0.203. The summed E-state index contributed by atoms with van der Waals surface area (Å²) in [5, 5.41) is 0. The predicted octanol–water partition coefficient (Wildman–Crippen LogP) is -0.289. The van der Waals surface area contributed by atoms with Crippen LogP contribution in [0, 0.1) is 5.92 Å². The first-order valence-corrected chi connectivity index (χ1v) is 7.23. The zero-order valence-electron chi connectivity index (χ0n) is 10.5. The molecule has 0 amide bonds. The van der Waals surface area contributed by atoms with Gasteiger partial charge in [0, 0.05) is 32.7 Å². The van der Waals surface area contributed by atoms with Crippen molar-refractivity contribution in [3.05, 3.63) is 0 Å². The monoisotopic (exact) mass is 283 g/mol. The van der Waals surface area contributed by atoms with Gasteiger partial charge in [0.15, 0.2) is 0 Å². The molecule has 0 aromatic heterocycles. The molecule has 0 saturated carbocycles. The van der Waals surface area contributed by atoms with E-state index in [1.165, 1.54) is 11.4 Å². The number of nitrogens with zero attached hydrogens (tertiary/aromatic N) is 1. The van der Waals surface area contributed by atoms with Gasteiger partial charge in [-0.15, -0.1) is 0 Å². The van der Waals surface area contributed by atoms with Crippen molar-refractivity contribution in [3.8, 4) is 0 Å². The molecule has 0 aliphatic carbocycles. The quantitative estimate of drug-likeness (QED) is 0.449. The summed E-state index contributed by atoms with van der Waals surface area (Å²) in [6.45, 7) is 4.80. The lowest BCUT2D eigenvalue weighted by Crippen LogP contribution is -2.45. The Hall–Kier alpha value is -0.280. The van der Waals surface area contributed by atoms with E-state index < -0.39 is 10.2 Å². The van der Waals surface area contributed by atoms with Crippen LogP contribution in [0.15, 0.2) is 0 Å². The van der Waals surface area contributed by atoms with Crippen molar-refractivity contribution in [3.63, 3.8) is 0 Å². The third-order valence-electron chi connectivity index (χ3n) is 2.25. The van der Waals surface area contributed by atoms with Gasteiger partial charge in [-0.25, -0.2) is 0 Å². The van der Waals surface area contributed by atoms with E-state index in [2.05, 4.69) is 4.72 Å². The first-order chi connectivity index (χ1) is 7.85. The van der Waals surface area contributed by atoms with Crippen LogP contribution in [-0.2, 0) is 14.9 Å². The Morgan fingerprint density at radius 2 is 2.18 bits per heavy atom. The van der Waals surface area contributed by atoms with Crippen molar-refractivity contribution in [2.75, 3.05) is 33.4 Å². The van der Waals surface area contributed by atoms with Gasteiger partial charge >= 0.3 is 0 Å². The van der Waals surface area contributed by atoms with Crippen LogP contribution < -0.4 is 10.5 Å². The molecule has 0 fully saturated rings. The molecule has 17 heavy (non-hydrogen) atoms. The molecular weight excluding hydrogens is 262 g/mol. The fraction of sp³-hybridized carbons (Fsp3) is 0.889. The van der Waals surface area contributed by atoms with E-state index in [0.29, 0.717) is 18.1 Å². The van der Waals surface area contributed by atoms with Gasteiger partial charge in [0.25, 0.3) is 10.2 Å². The zero-order valence-corrected chi connectivity index (χ0v) is 12.1. The summed E-state index contributed by atoms with van der Waals surface area (Å²) in [5.74, 6) is -0.149. The van der Waals surface area contributed by atoms with Gasteiger partial charge in [-0.1, -0.05) is 26.1 Å². The van der Waals surface area contributed by atoms with Crippen molar-refractivity contribution >= 4 is 27.4 Å². The molecular formula is C9H21N3O3S2. The Bertz CT molecular complexity index is 332. The van der Waals surface area contributed by atoms with Crippen molar-refractivity contribution in [1.82, 2.24) is 9.03 Å². The van der Waals surface area contributed by atoms with Crippen LogP contribution in [0.4, 0.5) is 0 Å². The van der Waals surface area contributed by atoms with Crippen LogP contribution in [-0.4, -0.2) is 51.1 Å². The van der Waals surface area contributed by atoms with Crippen LogP contribution >= 0.6 is 12.2 Å². The van der Waals surface area contributed by atoms with Crippen LogP contribution in [0.5, 0.6) is 0 Å². The highest BCUT2D eigenvalue weighted by atomic mass is 32.2. The predicted molar refractivity (Wildman–Crippen MR) is 72.0 cm³/mol. The summed E-state index contributed by atoms with van der Waals surface area (Å²) in [4.78, 5) is 0.315. The molecule has 0 saturated heterocycles. The Kier molecular flexibility index (Phi) is 7.80. The van der Waals surface area contributed by atoms with Crippen molar-refractivity contribution in [2.45, 2.75) is 13.8 Å². The van der Waals surface area contributed by atoms with Crippen LogP contribution in [0.2, 0.25) is 0 Å². The molecule has 0 heterocycles. The molecule has 0 aliphatic rings. The Morgan fingerprint density at radius 3 is 2.59 bits per heavy atom. The van der Waals surface area contributed by atoms with E-state index in [1.54, 1.807) is 13.8 Å². The third kappa shape index (κ3) is 6.27. The summed E-state index contributed by atoms with van der Waals surface area (Å²) in [7, 11) is -1.97. The summed E-state index contributed by atoms with van der Waals surface area (Å²) < 4.78 is 32.3.